The zero-order chi connectivity index (χ0) is 9.84. The highest BCUT2D eigenvalue weighted by Gasteiger charge is 2.12. The molecule has 5 heteroatoms. The highest BCUT2D eigenvalue weighted by Crippen LogP contribution is 2.24. The van der Waals surface area contributed by atoms with E-state index in [0.29, 0.717) is 10.0 Å². The van der Waals surface area contributed by atoms with Crippen molar-refractivity contribution in [2.24, 2.45) is 0 Å². The molecule has 0 bridgehead atoms. The van der Waals surface area contributed by atoms with Crippen LogP contribution in [0, 0.1) is 5.82 Å². The first-order valence-electron chi connectivity index (χ1n) is 3.61. The second-order valence-corrected chi connectivity index (χ2v) is 3.94. The fourth-order valence-electron chi connectivity index (χ4n) is 0.946. The zero-order valence-corrected chi connectivity index (χ0v) is 8.94. The molecule has 1 atom stereocenters. The van der Waals surface area contributed by atoms with Gasteiger partial charge in [-0.2, -0.15) is 0 Å². The van der Waals surface area contributed by atoms with Gasteiger partial charge in [-0.15, -0.1) is 11.6 Å². The second kappa shape index (κ2) is 4.91. The highest BCUT2D eigenvalue weighted by molar-refractivity contribution is 9.10. The smallest absolute Gasteiger partial charge is 0.129 e. The largest absolute Gasteiger partial charge is 0.317 e. The van der Waals surface area contributed by atoms with Gasteiger partial charge in [-0.3, -0.25) is 0 Å². The molecule has 2 N–H and O–H groups in total. The van der Waals surface area contributed by atoms with Gasteiger partial charge in [-0.25, -0.2) is 9.87 Å². The molecular formula is C8H8BrClFNO. The van der Waals surface area contributed by atoms with E-state index in [2.05, 4.69) is 15.9 Å². The molecule has 0 fully saturated rings. The van der Waals surface area contributed by atoms with Gasteiger partial charge in [0, 0.05) is 16.6 Å². The minimum absolute atomic E-state index is 0.111. The Morgan fingerprint density at radius 3 is 2.85 bits per heavy atom. The molecule has 0 amide bonds. The van der Waals surface area contributed by atoms with Crippen LogP contribution in [0.1, 0.15) is 10.9 Å². The lowest BCUT2D eigenvalue weighted by molar-refractivity contribution is 0.166. The van der Waals surface area contributed by atoms with Gasteiger partial charge in [0.1, 0.15) is 5.82 Å². The van der Waals surface area contributed by atoms with Gasteiger partial charge in [0.25, 0.3) is 0 Å². The first-order valence-corrected chi connectivity index (χ1v) is 4.84. The van der Waals surface area contributed by atoms with Crippen LogP contribution in [0.2, 0.25) is 0 Å². The number of rotatable bonds is 3. The summed E-state index contributed by atoms with van der Waals surface area (Å²) in [5.41, 5.74) is 2.26. The van der Waals surface area contributed by atoms with Crippen molar-refractivity contribution in [3.8, 4) is 0 Å². The lowest BCUT2D eigenvalue weighted by Gasteiger charge is -2.09. The van der Waals surface area contributed by atoms with Crippen LogP contribution in [0.4, 0.5) is 4.39 Å². The Bertz CT molecular complexity index is 297. The van der Waals surface area contributed by atoms with Crippen LogP contribution >= 0.6 is 27.5 Å². The van der Waals surface area contributed by atoms with E-state index in [4.69, 9.17) is 16.8 Å². The topological polar surface area (TPSA) is 32.3 Å². The molecular weight excluding hydrogens is 260 g/mol. The van der Waals surface area contributed by atoms with Crippen molar-refractivity contribution in [2.45, 2.75) is 5.38 Å². The highest BCUT2D eigenvalue weighted by atomic mass is 79.9. The van der Waals surface area contributed by atoms with E-state index < -0.39 is 5.38 Å². The number of hydrogen-bond donors (Lipinski definition) is 2. The van der Waals surface area contributed by atoms with Gasteiger partial charge in [0.15, 0.2) is 0 Å². The standard InChI is InChI=1S/C8H8BrClFNO/c9-5-1-2-6(8(11)3-5)7(10)4-12-13/h1-3,7,12-13H,4H2. The molecule has 1 aromatic rings. The average Bonchev–Trinajstić information content (AvgIpc) is 2.04. The van der Waals surface area contributed by atoms with E-state index in [0.717, 1.165) is 0 Å². The third kappa shape index (κ3) is 2.91. The molecule has 72 valence electrons. The minimum atomic E-state index is -0.571. The molecule has 0 aromatic heterocycles. The lowest BCUT2D eigenvalue weighted by Crippen LogP contribution is -2.14. The Kier molecular flexibility index (Phi) is 4.12. The predicted molar refractivity (Wildman–Crippen MR) is 52.5 cm³/mol. The van der Waals surface area contributed by atoms with Crippen molar-refractivity contribution in [3.05, 3.63) is 34.1 Å². The summed E-state index contributed by atoms with van der Waals surface area (Å²) >= 11 is 8.92. The van der Waals surface area contributed by atoms with Crippen molar-refractivity contribution >= 4 is 27.5 Å². The maximum absolute atomic E-state index is 13.2. The first kappa shape index (κ1) is 10.9. The van der Waals surface area contributed by atoms with E-state index >= 15 is 0 Å². The summed E-state index contributed by atoms with van der Waals surface area (Å²) in [5, 5.41) is 7.81. The van der Waals surface area contributed by atoms with E-state index in [1.165, 1.54) is 6.07 Å². The van der Waals surface area contributed by atoms with Gasteiger partial charge in [0.2, 0.25) is 0 Å². The average molecular weight is 269 g/mol. The number of hydrogen-bond acceptors (Lipinski definition) is 2. The number of alkyl halides is 1. The Morgan fingerprint density at radius 2 is 2.31 bits per heavy atom. The summed E-state index contributed by atoms with van der Waals surface area (Å²) in [5.74, 6) is -0.385. The summed E-state index contributed by atoms with van der Waals surface area (Å²) in [7, 11) is 0. The molecule has 1 aromatic carbocycles. The van der Waals surface area contributed by atoms with E-state index in [-0.39, 0.29) is 12.4 Å². The quantitative estimate of drug-likeness (QED) is 0.653. The third-order valence-electron chi connectivity index (χ3n) is 1.57. The van der Waals surface area contributed by atoms with Crippen molar-refractivity contribution in [1.82, 2.24) is 5.48 Å². The monoisotopic (exact) mass is 267 g/mol. The molecule has 0 spiro atoms. The fourth-order valence-corrected chi connectivity index (χ4v) is 1.52. The van der Waals surface area contributed by atoms with Crippen molar-refractivity contribution in [2.75, 3.05) is 6.54 Å². The second-order valence-electron chi connectivity index (χ2n) is 2.50. The van der Waals surface area contributed by atoms with E-state index in [1.807, 2.05) is 5.48 Å². The lowest BCUT2D eigenvalue weighted by atomic mass is 10.1. The molecule has 0 radical (unpaired) electrons. The zero-order valence-electron chi connectivity index (χ0n) is 6.60. The van der Waals surface area contributed by atoms with Crippen LogP contribution in [0.5, 0.6) is 0 Å². The van der Waals surface area contributed by atoms with Crippen LogP contribution < -0.4 is 5.48 Å². The fraction of sp³-hybridized carbons (Fsp3) is 0.250. The van der Waals surface area contributed by atoms with Gasteiger partial charge in [0.05, 0.1) is 5.38 Å². The van der Waals surface area contributed by atoms with Gasteiger partial charge >= 0.3 is 0 Å². The normalized spacial score (nSPS) is 12.9. The molecule has 13 heavy (non-hydrogen) atoms. The van der Waals surface area contributed by atoms with Crippen LogP contribution in [0.15, 0.2) is 22.7 Å². The predicted octanol–water partition coefficient (Wildman–Crippen LogP) is 2.85. The molecule has 1 rings (SSSR count). The minimum Gasteiger partial charge on any atom is -0.317 e. The molecule has 0 aliphatic heterocycles. The summed E-state index contributed by atoms with van der Waals surface area (Å²) in [6.45, 7) is 0.111. The van der Waals surface area contributed by atoms with Gasteiger partial charge in [-0.05, 0) is 12.1 Å². The third-order valence-corrected chi connectivity index (χ3v) is 2.45. The molecule has 0 aliphatic carbocycles. The summed E-state index contributed by atoms with van der Waals surface area (Å²) in [4.78, 5) is 0. The van der Waals surface area contributed by atoms with Crippen molar-refractivity contribution < 1.29 is 9.60 Å². The Hall–Kier alpha value is -0.160. The molecule has 0 heterocycles. The van der Waals surface area contributed by atoms with Gasteiger partial charge < -0.3 is 5.21 Å². The number of hydroxylamine groups is 1. The first-order chi connectivity index (χ1) is 6.15. The van der Waals surface area contributed by atoms with Crippen molar-refractivity contribution in [3.63, 3.8) is 0 Å². The van der Waals surface area contributed by atoms with Crippen LogP contribution in [0.25, 0.3) is 0 Å². The van der Waals surface area contributed by atoms with E-state index in [1.54, 1.807) is 12.1 Å². The van der Waals surface area contributed by atoms with Gasteiger partial charge in [-0.1, -0.05) is 22.0 Å². The molecule has 2 nitrogen and oxygen atoms in total. The molecule has 0 aliphatic rings. The molecule has 0 saturated heterocycles. The van der Waals surface area contributed by atoms with Crippen LogP contribution in [0.3, 0.4) is 0 Å². The Balaban J connectivity index is 2.88. The van der Waals surface area contributed by atoms with E-state index in [9.17, 15) is 4.39 Å². The summed E-state index contributed by atoms with van der Waals surface area (Å²) < 4.78 is 13.9. The van der Waals surface area contributed by atoms with Crippen molar-refractivity contribution in [1.29, 1.82) is 0 Å². The molecule has 1 unspecified atom stereocenters. The summed E-state index contributed by atoms with van der Waals surface area (Å²) in [6, 6.07) is 4.61. The summed E-state index contributed by atoms with van der Waals surface area (Å²) in [6.07, 6.45) is 0. The maximum atomic E-state index is 13.2. The molecule has 0 saturated carbocycles. The number of halogens is 3. The van der Waals surface area contributed by atoms with Crippen LogP contribution in [-0.4, -0.2) is 11.8 Å². The maximum Gasteiger partial charge on any atom is 0.129 e. The Morgan fingerprint density at radius 1 is 1.62 bits per heavy atom. The Labute approximate surface area is 88.8 Å². The number of benzene rings is 1. The SMILES string of the molecule is ONCC(Cl)c1ccc(Br)cc1F. The van der Waals surface area contributed by atoms with Crippen LogP contribution in [-0.2, 0) is 0 Å². The number of nitrogens with one attached hydrogen (secondary N) is 1.